The van der Waals surface area contributed by atoms with E-state index in [4.69, 9.17) is 21.9 Å². The summed E-state index contributed by atoms with van der Waals surface area (Å²) in [4.78, 5) is 28.8. The Hall–Kier alpha value is -3.97. The zero-order chi connectivity index (χ0) is 21.1. The van der Waals surface area contributed by atoms with E-state index in [2.05, 4.69) is 15.5 Å². The molecule has 0 saturated carbocycles. The van der Waals surface area contributed by atoms with Gasteiger partial charge in [-0.15, -0.1) is 0 Å². The van der Waals surface area contributed by atoms with E-state index in [1.807, 2.05) is 0 Å². The van der Waals surface area contributed by atoms with E-state index in [9.17, 15) is 9.59 Å². The van der Waals surface area contributed by atoms with Gasteiger partial charge < -0.3 is 10.3 Å². The van der Waals surface area contributed by atoms with Gasteiger partial charge in [0.25, 0.3) is 5.91 Å². The number of hydrogen-bond acceptors (Lipinski definition) is 5. The van der Waals surface area contributed by atoms with Crippen molar-refractivity contribution >= 4 is 29.3 Å². The van der Waals surface area contributed by atoms with Gasteiger partial charge in [0.2, 0.25) is 11.8 Å². The molecule has 2 aromatic carbocycles. The Bertz CT molecular complexity index is 1220. The number of pyridine rings is 1. The summed E-state index contributed by atoms with van der Waals surface area (Å²) in [6.45, 7) is 0. The lowest BCUT2D eigenvalue weighted by molar-refractivity contribution is 0.0998. The zero-order valence-corrected chi connectivity index (χ0v) is 16.3. The highest BCUT2D eigenvalue weighted by molar-refractivity contribution is 6.30. The molecule has 4 aromatic rings. The Balaban J connectivity index is 1.84. The Morgan fingerprint density at radius 2 is 1.67 bits per heavy atom. The maximum atomic E-state index is 12.7. The monoisotopic (exact) mass is 418 g/mol. The van der Waals surface area contributed by atoms with Crippen LogP contribution in [0.2, 0.25) is 5.02 Å². The Morgan fingerprint density at radius 1 is 0.967 bits per heavy atom. The molecule has 30 heavy (non-hydrogen) atoms. The summed E-state index contributed by atoms with van der Waals surface area (Å²) < 4.78 is 5.47. The summed E-state index contributed by atoms with van der Waals surface area (Å²) in [5.41, 5.74) is 8.31. The maximum Gasteiger partial charge on any atom is 0.258 e. The molecule has 0 bridgehead atoms. The van der Waals surface area contributed by atoms with Crippen molar-refractivity contribution in [2.24, 2.45) is 5.73 Å². The van der Waals surface area contributed by atoms with E-state index in [0.29, 0.717) is 33.0 Å². The lowest BCUT2D eigenvalue weighted by Gasteiger charge is -2.09. The molecule has 7 nitrogen and oxygen atoms in total. The van der Waals surface area contributed by atoms with E-state index >= 15 is 0 Å². The highest BCUT2D eigenvalue weighted by atomic mass is 35.5. The van der Waals surface area contributed by atoms with Crippen molar-refractivity contribution in [1.82, 2.24) is 10.1 Å². The van der Waals surface area contributed by atoms with E-state index in [1.165, 1.54) is 0 Å². The van der Waals surface area contributed by atoms with Gasteiger partial charge in [-0.05, 0) is 42.5 Å². The van der Waals surface area contributed by atoms with Crippen molar-refractivity contribution < 1.29 is 14.1 Å². The molecule has 0 aliphatic rings. The number of nitrogens with zero attached hydrogens (tertiary/aromatic N) is 2. The number of aromatic nitrogens is 2. The van der Waals surface area contributed by atoms with E-state index in [-0.39, 0.29) is 11.4 Å². The SMILES string of the molecule is NC(=O)c1ccccc1-c1c(-c2ccncc2)noc1NC(=O)c1ccc(Cl)cc1. The van der Waals surface area contributed by atoms with Crippen LogP contribution in [0, 0.1) is 0 Å². The van der Waals surface area contributed by atoms with Crippen LogP contribution in [0.5, 0.6) is 0 Å². The first kappa shape index (κ1) is 19.4. The Morgan fingerprint density at radius 3 is 2.37 bits per heavy atom. The van der Waals surface area contributed by atoms with Gasteiger partial charge in [0.15, 0.2) is 0 Å². The fraction of sp³-hybridized carbons (Fsp3) is 0. The van der Waals surface area contributed by atoms with Gasteiger partial charge in [0.05, 0.1) is 5.56 Å². The number of carbonyl (C=O) groups excluding carboxylic acids is 2. The van der Waals surface area contributed by atoms with Crippen LogP contribution >= 0.6 is 11.6 Å². The van der Waals surface area contributed by atoms with Crippen molar-refractivity contribution in [3.63, 3.8) is 0 Å². The van der Waals surface area contributed by atoms with Gasteiger partial charge in [-0.2, -0.15) is 0 Å². The second-order valence-corrected chi connectivity index (χ2v) is 6.78. The molecular formula is C22H15ClN4O3. The average Bonchev–Trinajstić information content (AvgIpc) is 3.18. The lowest BCUT2D eigenvalue weighted by Crippen LogP contribution is -2.14. The first-order valence-electron chi connectivity index (χ1n) is 8.91. The number of nitrogens with two attached hydrogens (primary N) is 1. The Kier molecular flexibility index (Phi) is 5.28. The van der Waals surface area contributed by atoms with Crippen molar-refractivity contribution in [2.75, 3.05) is 5.32 Å². The summed E-state index contributed by atoms with van der Waals surface area (Å²) >= 11 is 5.89. The predicted molar refractivity (Wildman–Crippen MR) is 113 cm³/mol. The largest absolute Gasteiger partial charge is 0.366 e. The van der Waals surface area contributed by atoms with Crippen LogP contribution in [0.3, 0.4) is 0 Å². The molecule has 0 spiro atoms. The van der Waals surface area contributed by atoms with Gasteiger partial charge in [-0.3, -0.25) is 19.9 Å². The summed E-state index contributed by atoms with van der Waals surface area (Å²) in [7, 11) is 0. The molecule has 0 atom stereocenters. The topological polar surface area (TPSA) is 111 Å². The van der Waals surface area contributed by atoms with Crippen LogP contribution in [0.4, 0.5) is 5.88 Å². The van der Waals surface area contributed by atoms with Gasteiger partial charge >= 0.3 is 0 Å². The number of carbonyl (C=O) groups is 2. The molecule has 0 saturated heterocycles. The average molecular weight is 419 g/mol. The van der Waals surface area contributed by atoms with Crippen LogP contribution in [0.1, 0.15) is 20.7 Å². The van der Waals surface area contributed by atoms with Crippen LogP contribution < -0.4 is 11.1 Å². The second kappa shape index (κ2) is 8.18. The van der Waals surface area contributed by atoms with E-state index < -0.39 is 11.8 Å². The van der Waals surface area contributed by atoms with Gasteiger partial charge in [-0.1, -0.05) is 35.0 Å². The molecule has 3 N–H and O–H groups in total. The molecule has 0 aliphatic carbocycles. The summed E-state index contributed by atoms with van der Waals surface area (Å²) in [6, 6.07) is 16.7. The first-order valence-corrected chi connectivity index (χ1v) is 9.28. The predicted octanol–water partition coefficient (Wildman–Crippen LogP) is 4.41. The quantitative estimate of drug-likeness (QED) is 0.498. The Labute approximate surface area is 176 Å². The molecule has 0 fully saturated rings. The highest BCUT2D eigenvalue weighted by Gasteiger charge is 2.24. The molecule has 2 amide bonds. The lowest BCUT2D eigenvalue weighted by atomic mass is 9.96. The van der Waals surface area contributed by atoms with Crippen molar-refractivity contribution in [1.29, 1.82) is 0 Å². The number of amides is 2. The van der Waals surface area contributed by atoms with E-state index in [0.717, 1.165) is 0 Å². The molecule has 0 aliphatic heterocycles. The van der Waals surface area contributed by atoms with Crippen LogP contribution in [-0.4, -0.2) is 22.0 Å². The normalized spacial score (nSPS) is 10.6. The van der Waals surface area contributed by atoms with Gasteiger partial charge in [0.1, 0.15) is 5.69 Å². The minimum Gasteiger partial charge on any atom is -0.366 e. The number of primary amides is 1. The molecule has 4 rings (SSSR count). The summed E-state index contributed by atoms with van der Waals surface area (Å²) in [5.74, 6) is -0.931. The van der Waals surface area contributed by atoms with Crippen LogP contribution in [0.15, 0.2) is 77.6 Å². The third-order valence-electron chi connectivity index (χ3n) is 4.44. The number of halogens is 1. The molecule has 8 heteroatoms. The summed E-state index contributed by atoms with van der Waals surface area (Å²) in [6.07, 6.45) is 3.22. The number of anilines is 1. The van der Waals surface area contributed by atoms with Crippen LogP contribution in [0.25, 0.3) is 22.4 Å². The fourth-order valence-electron chi connectivity index (χ4n) is 3.02. The molecule has 148 valence electrons. The number of rotatable bonds is 5. The molecule has 0 unspecified atom stereocenters. The molecule has 2 heterocycles. The molecule has 2 aromatic heterocycles. The van der Waals surface area contributed by atoms with Crippen molar-refractivity contribution in [3.05, 3.63) is 89.2 Å². The van der Waals surface area contributed by atoms with Gasteiger partial charge in [0, 0.05) is 39.7 Å². The number of hydrogen-bond donors (Lipinski definition) is 2. The number of nitrogens with one attached hydrogen (secondary N) is 1. The highest BCUT2D eigenvalue weighted by Crippen LogP contribution is 2.39. The minimum atomic E-state index is -0.609. The zero-order valence-electron chi connectivity index (χ0n) is 15.5. The molecular weight excluding hydrogens is 404 g/mol. The third kappa shape index (κ3) is 3.78. The third-order valence-corrected chi connectivity index (χ3v) is 4.69. The minimum absolute atomic E-state index is 0.0930. The smallest absolute Gasteiger partial charge is 0.258 e. The number of benzene rings is 2. The summed E-state index contributed by atoms with van der Waals surface area (Å²) in [5, 5.41) is 7.37. The fourth-order valence-corrected chi connectivity index (χ4v) is 3.15. The standard InChI is InChI=1S/C22H15ClN4O3/c23-15-7-5-14(6-8-15)21(29)26-22-18(16-3-1-2-4-17(16)20(24)28)19(27-30-22)13-9-11-25-12-10-13/h1-12H,(H2,24,28)(H,26,29). The first-order chi connectivity index (χ1) is 14.5. The van der Waals surface area contributed by atoms with Gasteiger partial charge in [-0.25, -0.2) is 0 Å². The second-order valence-electron chi connectivity index (χ2n) is 6.34. The van der Waals surface area contributed by atoms with E-state index in [1.54, 1.807) is 73.1 Å². The van der Waals surface area contributed by atoms with Crippen molar-refractivity contribution in [2.45, 2.75) is 0 Å². The maximum absolute atomic E-state index is 12.7. The van der Waals surface area contributed by atoms with Crippen molar-refractivity contribution in [3.8, 4) is 22.4 Å². The van der Waals surface area contributed by atoms with Crippen LogP contribution in [-0.2, 0) is 0 Å². The molecule has 0 radical (unpaired) electrons.